The fraction of sp³-hybridized carbons (Fsp3) is 0.250. The van der Waals surface area contributed by atoms with E-state index in [1.54, 1.807) is 24.3 Å². The van der Waals surface area contributed by atoms with Crippen molar-refractivity contribution in [3.63, 3.8) is 0 Å². The number of para-hydroxylation sites is 1. The van der Waals surface area contributed by atoms with Crippen molar-refractivity contribution in [1.82, 2.24) is 9.55 Å². The minimum Gasteiger partial charge on any atom is -0.383 e. The van der Waals surface area contributed by atoms with Gasteiger partial charge in [0, 0.05) is 7.11 Å². The summed E-state index contributed by atoms with van der Waals surface area (Å²) in [7, 11) is 1.52. The van der Waals surface area contributed by atoms with Crippen LogP contribution in [0, 0.1) is 0 Å². The molecular weight excluding hydrogens is 234 g/mol. The highest BCUT2D eigenvalue weighted by Crippen LogP contribution is 2.07. The summed E-state index contributed by atoms with van der Waals surface area (Å²) in [5.41, 5.74) is 5.42. The second-order valence-electron chi connectivity index (χ2n) is 3.77. The number of hydrogen-bond acceptors (Lipinski definition) is 4. The summed E-state index contributed by atoms with van der Waals surface area (Å²) < 4.78 is 6.15. The van der Waals surface area contributed by atoms with Crippen LogP contribution in [0.5, 0.6) is 0 Å². The molecule has 0 unspecified atom stereocenters. The Balaban J connectivity index is 2.71. The fourth-order valence-electron chi connectivity index (χ4n) is 1.75. The summed E-state index contributed by atoms with van der Waals surface area (Å²) in [5.74, 6) is -0.773. The topological polar surface area (TPSA) is 87.2 Å². The summed E-state index contributed by atoms with van der Waals surface area (Å²) in [4.78, 5) is 27.7. The van der Waals surface area contributed by atoms with Crippen LogP contribution in [0.15, 0.2) is 29.1 Å². The van der Waals surface area contributed by atoms with E-state index < -0.39 is 5.91 Å². The Labute approximate surface area is 103 Å². The standard InChI is InChI=1S/C12H13N3O3/c1-18-7-6-15-11(10(13)16)14-9-5-3-2-4-8(9)12(15)17/h2-5H,6-7H2,1H3,(H2,13,16). The molecule has 0 saturated heterocycles. The van der Waals surface area contributed by atoms with Gasteiger partial charge < -0.3 is 10.5 Å². The summed E-state index contributed by atoms with van der Waals surface area (Å²) in [5, 5.41) is 0.457. The maximum Gasteiger partial charge on any atom is 0.284 e. The largest absolute Gasteiger partial charge is 0.383 e. The van der Waals surface area contributed by atoms with Gasteiger partial charge in [0.25, 0.3) is 11.5 Å². The number of ether oxygens (including phenoxy) is 1. The molecule has 2 N–H and O–H groups in total. The van der Waals surface area contributed by atoms with Crippen molar-refractivity contribution in [2.24, 2.45) is 5.73 Å². The number of nitrogens with zero attached hydrogens (tertiary/aromatic N) is 2. The molecule has 6 nitrogen and oxygen atoms in total. The van der Waals surface area contributed by atoms with E-state index >= 15 is 0 Å². The van der Waals surface area contributed by atoms with E-state index in [0.29, 0.717) is 17.5 Å². The van der Waals surface area contributed by atoms with Gasteiger partial charge in [-0.3, -0.25) is 14.2 Å². The van der Waals surface area contributed by atoms with Crippen LogP contribution >= 0.6 is 0 Å². The van der Waals surface area contributed by atoms with Gasteiger partial charge in [-0.05, 0) is 12.1 Å². The van der Waals surface area contributed by atoms with Crippen LogP contribution in [-0.2, 0) is 11.3 Å². The number of aromatic nitrogens is 2. The van der Waals surface area contributed by atoms with Gasteiger partial charge in [-0.15, -0.1) is 0 Å². The van der Waals surface area contributed by atoms with E-state index in [2.05, 4.69) is 4.98 Å². The summed E-state index contributed by atoms with van der Waals surface area (Å²) in [6, 6.07) is 6.83. The molecule has 6 heteroatoms. The Morgan fingerprint density at radius 2 is 2.17 bits per heavy atom. The van der Waals surface area contributed by atoms with Crippen LogP contribution in [0.25, 0.3) is 10.9 Å². The van der Waals surface area contributed by atoms with Gasteiger partial charge in [0.2, 0.25) is 5.82 Å². The van der Waals surface area contributed by atoms with Crippen molar-refractivity contribution in [2.75, 3.05) is 13.7 Å². The van der Waals surface area contributed by atoms with Crippen molar-refractivity contribution in [1.29, 1.82) is 0 Å². The molecule has 1 heterocycles. The van der Waals surface area contributed by atoms with Gasteiger partial charge in [0.1, 0.15) is 0 Å². The Hall–Kier alpha value is -2.21. The number of benzene rings is 1. The van der Waals surface area contributed by atoms with Crippen LogP contribution in [0.3, 0.4) is 0 Å². The number of carbonyl (C=O) groups is 1. The second kappa shape index (κ2) is 4.97. The Morgan fingerprint density at radius 1 is 1.44 bits per heavy atom. The molecule has 0 radical (unpaired) electrons. The molecule has 1 aromatic carbocycles. The van der Waals surface area contributed by atoms with Gasteiger partial charge in [-0.1, -0.05) is 12.1 Å². The zero-order valence-electron chi connectivity index (χ0n) is 9.92. The molecule has 0 aliphatic rings. The minimum absolute atomic E-state index is 0.0456. The molecule has 0 aliphatic heterocycles. The molecule has 0 spiro atoms. The SMILES string of the molecule is COCCn1c(C(N)=O)nc2ccccc2c1=O. The second-order valence-corrected chi connectivity index (χ2v) is 3.77. The summed E-state index contributed by atoms with van der Waals surface area (Å²) in [6.45, 7) is 0.547. The van der Waals surface area contributed by atoms with Crippen molar-refractivity contribution >= 4 is 16.8 Å². The maximum absolute atomic E-state index is 12.2. The number of primary amides is 1. The number of nitrogens with two attached hydrogens (primary N) is 1. The first-order valence-corrected chi connectivity index (χ1v) is 5.43. The zero-order valence-corrected chi connectivity index (χ0v) is 9.92. The number of amides is 1. The lowest BCUT2D eigenvalue weighted by molar-refractivity contribution is 0.0981. The molecule has 0 saturated carbocycles. The third-order valence-corrected chi connectivity index (χ3v) is 2.60. The maximum atomic E-state index is 12.2. The van der Waals surface area contributed by atoms with E-state index in [1.165, 1.54) is 11.7 Å². The number of carbonyl (C=O) groups excluding carboxylic acids is 1. The van der Waals surface area contributed by atoms with Crippen LogP contribution in [-0.4, -0.2) is 29.2 Å². The molecule has 0 bridgehead atoms. The average Bonchev–Trinajstić information content (AvgIpc) is 2.37. The monoisotopic (exact) mass is 247 g/mol. The highest BCUT2D eigenvalue weighted by Gasteiger charge is 2.14. The number of hydrogen-bond donors (Lipinski definition) is 1. The first-order chi connectivity index (χ1) is 8.65. The number of methoxy groups -OCH3 is 1. The molecule has 0 aliphatic carbocycles. The smallest absolute Gasteiger partial charge is 0.284 e. The quantitative estimate of drug-likeness (QED) is 0.832. The summed E-state index contributed by atoms with van der Waals surface area (Å²) in [6.07, 6.45) is 0. The molecule has 2 aromatic rings. The number of fused-ring (bicyclic) bond motifs is 1. The predicted octanol–water partition coefficient (Wildman–Crippen LogP) is 0.142. The first kappa shape index (κ1) is 12.3. The van der Waals surface area contributed by atoms with Crippen LogP contribution < -0.4 is 11.3 Å². The first-order valence-electron chi connectivity index (χ1n) is 5.43. The van der Waals surface area contributed by atoms with Gasteiger partial charge in [-0.25, -0.2) is 4.98 Å². The van der Waals surface area contributed by atoms with Crippen LogP contribution in [0.1, 0.15) is 10.6 Å². The third kappa shape index (κ3) is 2.10. The van der Waals surface area contributed by atoms with E-state index in [-0.39, 0.29) is 17.9 Å². The van der Waals surface area contributed by atoms with Crippen molar-refractivity contribution in [3.05, 3.63) is 40.4 Å². The molecule has 2 rings (SSSR count). The molecule has 1 aromatic heterocycles. The van der Waals surface area contributed by atoms with Crippen molar-refractivity contribution in [3.8, 4) is 0 Å². The molecule has 0 atom stereocenters. The van der Waals surface area contributed by atoms with Crippen molar-refractivity contribution < 1.29 is 9.53 Å². The molecule has 0 fully saturated rings. The Kier molecular flexibility index (Phi) is 3.38. The molecular formula is C12H13N3O3. The van der Waals surface area contributed by atoms with E-state index in [0.717, 1.165) is 0 Å². The molecule has 94 valence electrons. The predicted molar refractivity (Wildman–Crippen MR) is 66.4 cm³/mol. The van der Waals surface area contributed by atoms with Crippen LogP contribution in [0.4, 0.5) is 0 Å². The fourth-order valence-corrected chi connectivity index (χ4v) is 1.75. The van der Waals surface area contributed by atoms with Gasteiger partial charge in [0.15, 0.2) is 0 Å². The van der Waals surface area contributed by atoms with Gasteiger partial charge >= 0.3 is 0 Å². The van der Waals surface area contributed by atoms with E-state index in [4.69, 9.17) is 10.5 Å². The van der Waals surface area contributed by atoms with Gasteiger partial charge in [0.05, 0.1) is 24.1 Å². The Morgan fingerprint density at radius 3 is 2.83 bits per heavy atom. The van der Waals surface area contributed by atoms with E-state index in [1.807, 2.05) is 0 Å². The highest BCUT2D eigenvalue weighted by molar-refractivity contribution is 5.91. The molecule has 1 amide bonds. The number of rotatable bonds is 4. The Bertz CT molecular complexity index is 649. The third-order valence-electron chi connectivity index (χ3n) is 2.60. The minimum atomic E-state index is -0.728. The normalized spacial score (nSPS) is 10.7. The summed E-state index contributed by atoms with van der Waals surface area (Å²) >= 11 is 0. The van der Waals surface area contributed by atoms with Crippen molar-refractivity contribution in [2.45, 2.75) is 6.54 Å². The van der Waals surface area contributed by atoms with E-state index in [9.17, 15) is 9.59 Å². The highest BCUT2D eigenvalue weighted by atomic mass is 16.5. The average molecular weight is 247 g/mol. The lowest BCUT2D eigenvalue weighted by Gasteiger charge is -2.10. The lowest BCUT2D eigenvalue weighted by Crippen LogP contribution is -2.32. The lowest BCUT2D eigenvalue weighted by atomic mass is 10.2. The van der Waals surface area contributed by atoms with Gasteiger partial charge in [-0.2, -0.15) is 0 Å². The molecule has 18 heavy (non-hydrogen) atoms. The zero-order chi connectivity index (χ0) is 13.1. The van der Waals surface area contributed by atoms with Crippen LogP contribution in [0.2, 0.25) is 0 Å².